The van der Waals surface area contributed by atoms with Crippen molar-refractivity contribution in [2.45, 2.75) is 44.3 Å². The molecule has 0 bridgehead atoms. The number of imidazole rings is 1. The summed E-state index contributed by atoms with van der Waals surface area (Å²) in [6.45, 7) is 12.5. The Balaban J connectivity index is 1.64. The molecular weight excluding hydrogens is 398 g/mol. The summed E-state index contributed by atoms with van der Waals surface area (Å²) >= 11 is 1.62. The van der Waals surface area contributed by atoms with E-state index in [-0.39, 0.29) is 5.41 Å². The van der Waals surface area contributed by atoms with Crippen molar-refractivity contribution in [1.29, 1.82) is 0 Å². The van der Waals surface area contributed by atoms with E-state index in [1.165, 1.54) is 0 Å². The molecule has 2 aromatic heterocycles. The second kappa shape index (κ2) is 8.35. The van der Waals surface area contributed by atoms with Gasteiger partial charge in [-0.3, -0.25) is 0 Å². The highest BCUT2D eigenvalue weighted by Gasteiger charge is 2.19. The first-order valence-corrected chi connectivity index (χ1v) is 11.0. The van der Waals surface area contributed by atoms with E-state index in [2.05, 4.69) is 42.6 Å². The standard InChI is InChI=1S/C22H29N5O2S/c1-14-11-16-17(29-10-9-28-16)12-18(14)30-21-26-19-15(5-6-25-20(19)23)27(21)8-7-24-13-22(2,3)4/h5-6,11-12,24H,7-10,13H2,1-4H3,(H2,23,25). The average molecular weight is 428 g/mol. The summed E-state index contributed by atoms with van der Waals surface area (Å²) in [4.78, 5) is 10.1. The van der Waals surface area contributed by atoms with E-state index in [9.17, 15) is 0 Å². The van der Waals surface area contributed by atoms with Gasteiger partial charge in [0, 0.05) is 30.7 Å². The lowest BCUT2D eigenvalue weighted by Gasteiger charge is -2.20. The summed E-state index contributed by atoms with van der Waals surface area (Å²) in [5.41, 5.74) is 9.22. The van der Waals surface area contributed by atoms with E-state index in [0.29, 0.717) is 19.0 Å². The molecule has 8 heteroatoms. The predicted octanol–water partition coefficient (Wildman–Crippen LogP) is 3.88. The zero-order valence-electron chi connectivity index (χ0n) is 18.0. The zero-order chi connectivity index (χ0) is 21.3. The molecular formula is C22H29N5O2S. The van der Waals surface area contributed by atoms with Crippen LogP contribution in [0.3, 0.4) is 0 Å². The quantitative estimate of drug-likeness (QED) is 0.577. The minimum atomic E-state index is 0.241. The lowest BCUT2D eigenvalue weighted by atomic mass is 9.97. The molecule has 0 unspecified atom stereocenters. The van der Waals surface area contributed by atoms with Crippen LogP contribution in [0.5, 0.6) is 11.5 Å². The first-order chi connectivity index (χ1) is 14.3. The molecule has 3 heterocycles. The molecule has 0 saturated carbocycles. The normalized spacial score (nSPS) is 13.7. The Hall–Kier alpha value is -2.45. The number of aromatic nitrogens is 3. The molecule has 0 spiro atoms. The Morgan fingerprint density at radius 2 is 1.93 bits per heavy atom. The lowest BCUT2D eigenvalue weighted by molar-refractivity contribution is 0.171. The monoisotopic (exact) mass is 427 g/mol. The minimum Gasteiger partial charge on any atom is -0.486 e. The molecule has 1 aromatic carbocycles. The Morgan fingerprint density at radius 3 is 2.67 bits per heavy atom. The molecule has 0 radical (unpaired) electrons. The van der Waals surface area contributed by atoms with Crippen molar-refractivity contribution in [2.24, 2.45) is 5.41 Å². The first kappa shape index (κ1) is 20.8. The maximum atomic E-state index is 6.12. The van der Waals surface area contributed by atoms with Gasteiger partial charge in [-0.05, 0) is 36.1 Å². The van der Waals surface area contributed by atoms with Crippen LogP contribution in [0.1, 0.15) is 26.3 Å². The van der Waals surface area contributed by atoms with Crippen molar-refractivity contribution in [2.75, 3.05) is 32.0 Å². The van der Waals surface area contributed by atoms with Crippen molar-refractivity contribution in [1.82, 2.24) is 19.9 Å². The molecule has 0 fully saturated rings. The van der Waals surface area contributed by atoms with Crippen LogP contribution in [0.4, 0.5) is 5.82 Å². The maximum absolute atomic E-state index is 6.12. The van der Waals surface area contributed by atoms with Crippen molar-refractivity contribution in [3.05, 3.63) is 30.0 Å². The van der Waals surface area contributed by atoms with Crippen LogP contribution in [0.25, 0.3) is 11.0 Å². The summed E-state index contributed by atoms with van der Waals surface area (Å²) in [5.74, 6) is 2.04. The van der Waals surface area contributed by atoms with Gasteiger partial charge in [-0.15, -0.1) is 0 Å². The van der Waals surface area contributed by atoms with E-state index in [1.807, 2.05) is 18.2 Å². The second-order valence-corrected chi connectivity index (χ2v) is 9.72. The molecule has 7 nitrogen and oxygen atoms in total. The number of pyridine rings is 1. The third-order valence-corrected chi connectivity index (χ3v) is 6.02. The third-order valence-electron chi connectivity index (χ3n) is 4.87. The number of hydrogen-bond donors (Lipinski definition) is 2. The van der Waals surface area contributed by atoms with Crippen LogP contribution in [-0.4, -0.2) is 40.8 Å². The number of anilines is 1. The van der Waals surface area contributed by atoms with Crippen LogP contribution in [-0.2, 0) is 6.54 Å². The molecule has 1 aliphatic heterocycles. The topological polar surface area (TPSA) is 87.2 Å². The van der Waals surface area contributed by atoms with Gasteiger partial charge in [-0.2, -0.15) is 0 Å². The van der Waals surface area contributed by atoms with Gasteiger partial charge in [0.15, 0.2) is 22.5 Å². The largest absolute Gasteiger partial charge is 0.486 e. The summed E-state index contributed by atoms with van der Waals surface area (Å²) in [7, 11) is 0. The Bertz CT molecular complexity index is 1060. The molecule has 1 aliphatic rings. The summed E-state index contributed by atoms with van der Waals surface area (Å²) in [6, 6.07) is 6.05. The second-order valence-electron chi connectivity index (χ2n) is 8.71. The number of ether oxygens (including phenoxy) is 2. The number of nitrogen functional groups attached to an aromatic ring is 1. The zero-order valence-corrected chi connectivity index (χ0v) is 18.8. The van der Waals surface area contributed by atoms with E-state index in [0.717, 1.165) is 57.8 Å². The van der Waals surface area contributed by atoms with Gasteiger partial charge in [0.2, 0.25) is 0 Å². The molecule has 160 valence electrons. The number of rotatable bonds is 6. The average Bonchev–Trinajstić information content (AvgIpc) is 3.04. The Kier molecular flexibility index (Phi) is 5.79. The van der Waals surface area contributed by atoms with E-state index < -0.39 is 0 Å². The predicted molar refractivity (Wildman–Crippen MR) is 121 cm³/mol. The van der Waals surface area contributed by atoms with E-state index in [4.69, 9.17) is 20.2 Å². The van der Waals surface area contributed by atoms with Gasteiger partial charge >= 0.3 is 0 Å². The number of nitrogens with one attached hydrogen (secondary N) is 1. The van der Waals surface area contributed by atoms with Gasteiger partial charge in [0.05, 0.1) is 5.52 Å². The fourth-order valence-electron chi connectivity index (χ4n) is 3.38. The van der Waals surface area contributed by atoms with Crippen LogP contribution in [0.2, 0.25) is 0 Å². The van der Waals surface area contributed by atoms with Crippen molar-refractivity contribution in [3.8, 4) is 11.5 Å². The van der Waals surface area contributed by atoms with Gasteiger partial charge < -0.3 is 25.1 Å². The summed E-state index contributed by atoms with van der Waals surface area (Å²) in [5, 5.41) is 4.44. The lowest BCUT2D eigenvalue weighted by Crippen LogP contribution is -2.29. The SMILES string of the molecule is Cc1cc2c(cc1Sc1nc3c(N)nccc3n1CCNCC(C)(C)C)OCCO2. The summed E-state index contributed by atoms with van der Waals surface area (Å²) in [6.07, 6.45) is 1.74. The molecule has 0 atom stereocenters. The fourth-order valence-corrected chi connectivity index (χ4v) is 4.40. The maximum Gasteiger partial charge on any atom is 0.174 e. The molecule has 0 aliphatic carbocycles. The van der Waals surface area contributed by atoms with Gasteiger partial charge in [-0.25, -0.2) is 9.97 Å². The number of benzene rings is 1. The first-order valence-electron chi connectivity index (χ1n) is 10.2. The number of aryl methyl sites for hydroxylation is 1. The highest BCUT2D eigenvalue weighted by Crippen LogP contribution is 2.40. The van der Waals surface area contributed by atoms with E-state index in [1.54, 1.807) is 18.0 Å². The molecule has 3 N–H and O–H groups in total. The molecule has 4 rings (SSSR count). The van der Waals surface area contributed by atoms with Gasteiger partial charge in [-0.1, -0.05) is 32.5 Å². The van der Waals surface area contributed by atoms with Gasteiger partial charge in [0.1, 0.15) is 18.7 Å². The number of hydrogen-bond acceptors (Lipinski definition) is 7. The van der Waals surface area contributed by atoms with Gasteiger partial charge in [0.25, 0.3) is 0 Å². The summed E-state index contributed by atoms with van der Waals surface area (Å²) < 4.78 is 13.7. The van der Waals surface area contributed by atoms with Crippen LogP contribution >= 0.6 is 11.8 Å². The third kappa shape index (κ3) is 4.49. The van der Waals surface area contributed by atoms with Crippen molar-refractivity contribution < 1.29 is 9.47 Å². The number of fused-ring (bicyclic) bond motifs is 2. The Morgan fingerprint density at radius 1 is 1.20 bits per heavy atom. The van der Waals surface area contributed by atoms with Crippen molar-refractivity contribution >= 4 is 28.6 Å². The number of nitrogens with zero attached hydrogens (tertiary/aromatic N) is 3. The van der Waals surface area contributed by atoms with Crippen LogP contribution in [0, 0.1) is 12.3 Å². The molecule has 3 aromatic rings. The highest BCUT2D eigenvalue weighted by molar-refractivity contribution is 7.99. The molecule has 0 amide bonds. The fraction of sp³-hybridized carbons (Fsp3) is 0.455. The van der Waals surface area contributed by atoms with Crippen LogP contribution < -0.4 is 20.5 Å². The van der Waals surface area contributed by atoms with Crippen molar-refractivity contribution in [3.63, 3.8) is 0 Å². The van der Waals surface area contributed by atoms with E-state index >= 15 is 0 Å². The van der Waals surface area contributed by atoms with Crippen LogP contribution in [0.15, 0.2) is 34.4 Å². The molecule has 0 saturated heterocycles. The minimum absolute atomic E-state index is 0.241. The molecule has 30 heavy (non-hydrogen) atoms. The highest BCUT2D eigenvalue weighted by atomic mass is 32.2. The Labute approximate surface area is 181 Å². The smallest absolute Gasteiger partial charge is 0.174 e. The number of nitrogens with two attached hydrogens (primary N) is 1.